The van der Waals surface area contributed by atoms with Crippen LogP contribution in [-0.4, -0.2) is 141 Å². The molecule has 8 rings (SSSR count). The van der Waals surface area contributed by atoms with E-state index in [0.717, 1.165) is 165 Å². The van der Waals surface area contributed by atoms with Gasteiger partial charge in [-0.25, -0.2) is 0 Å². The van der Waals surface area contributed by atoms with Gasteiger partial charge in [-0.05, 0) is 242 Å². The van der Waals surface area contributed by atoms with Crippen LogP contribution in [0.5, 0.6) is 5.75 Å². The highest BCUT2D eigenvalue weighted by Crippen LogP contribution is 2.37. The third-order valence-corrected chi connectivity index (χ3v) is 18.5. The number of rotatable bonds is 23. The van der Waals surface area contributed by atoms with Crippen LogP contribution in [0.2, 0.25) is 0 Å². The lowest BCUT2D eigenvalue weighted by atomic mass is 9.88. The molecule has 3 aliphatic rings. The fourth-order valence-corrected chi connectivity index (χ4v) is 13.2. The van der Waals surface area contributed by atoms with Crippen molar-refractivity contribution in [3.05, 3.63) is 143 Å². The summed E-state index contributed by atoms with van der Waals surface area (Å²) < 4.78 is 11.2. The van der Waals surface area contributed by atoms with Crippen molar-refractivity contribution in [1.82, 2.24) is 35.3 Å². The first-order valence-electron chi connectivity index (χ1n) is 32.4. The lowest BCUT2D eigenvalue weighted by Crippen LogP contribution is -2.44. The quantitative estimate of drug-likeness (QED) is 0.0364. The number of amides is 2. The van der Waals surface area contributed by atoms with Crippen LogP contribution < -0.4 is 36.3 Å². The van der Waals surface area contributed by atoms with Gasteiger partial charge in [-0.3, -0.25) is 24.1 Å². The zero-order valence-corrected chi connectivity index (χ0v) is 55.0. The number of H-pyrrole nitrogens is 2. The number of unbranched alkanes of at least 4 members (excludes halogenated alkanes) is 1. The van der Waals surface area contributed by atoms with Gasteiger partial charge >= 0.3 is 0 Å². The Hall–Kier alpha value is -6.70. The molecule has 2 aliphatic carbocycles. The zero-order valence-electron chi connectivity index (χ0n) is 55.0. The van der Waals surface area contributed by atoms with Gasteiger partial charge in [0.1, 0.15) is 5.75 Å². The first-order chi connectivity index (χ1) is 41.8. The molecule has 3 aromatic carbocycles. The molecule has 0 atom stereocenters. The van der Waals surface area contributed by atoms with Crippen LogP contribution >= 0.6 is 0 Å². The van der Waals surface area contributed by atoms with Gasteiger partial charge in [-0.2, -0.15) is 0 Å². The number of aromatic nitrogens is 2. The Bertz CT molecular complexity index is 3240. The van der Waals surface area contributed by atoms with Crippen LogP contribution in [-0.2, 0) is 17.8 Å². The van der Waals surface area contributed by atoms with E-state index < -0.39 is 0 Å². The van der Waals surface area contributed by atoms with Gasteiger partial charge in [0.2, 0.25) is 0 Å². The summed E-state index contributed by atoms with van der Waals surface area (Å²) >= 11 is 0. The van der Waals surface area contributed by atoms with E-state index in [1.54, 1.807) is 7.11 Å². The number of pyridine rings is 2. The largest absolute Gasteiger partial charge is 0.494 e. The second-order valence-electron chi connectivity index (χ2n) is 24.9. The van der Waals surface area contributed by atoms with Gasteiger partial charge in [0.05, 0.1) is 19.8 Å². The second-order valence-corrected chi connectivity index (χ2v) is 24.9. The van der Waals surface area contributed by atoms with Gasteiger partial charge in [-0.1, -0.05) is 43.7 Å². The number of nitrogens with zero attached hydrogens (tertiary/aromatic N) is 5. The molecule has 5 aromatic rings. The first-order valence-corrected chi connectivity index (χ1v) is 32.4. The number of likely N-dealkylation sites (N-methyl/N-ethyl adjacent to an activating group) is 1. The lowest BCUT2D eigenvalue weighted by Gasteiger charge is -2.41. The van der Waals surface area contributed by atoms with Gasteiger partial charge in [-0.15, -0.1) is 0 Å². The van der Waals surface area contributed by atoms with E-state index in [1.165, 1.54) is 32.1 Å². The number of nitrogens with one attached hydrogen (secondary N) is 4. The minimum absolute atomic E-state index is 0.154. The average molecular weight is 1190 g/mol. The van der Waals surface area contributed by atoms with Gasteiger partial charge in [0.15, 0.2) is 0 Å². The van der Waals surface area contributed by atoms with Crippen LogP contribution in [0, 0.1) is 53.4 Å². The summed E-state index contributed by atoms with van der Waals surface area (Å²) in [5.41, 5.74) is 12.5. The monoisotopic (exact) mass is 1190 g/mol. The van der Waals surface area contributed by atoms with E-state index >= 15 is 0 Å². The molecule has 2 aromatic heterocycles. The number of benzene rings is 3. The maximum absolute atomic E-state index is 13.8. The molecular formula is C72H103N9O6. The van der Waals surface area contributed by atoms with E-state index in [1.807, 2.05) is 71.0 Å². The summed E-state index contributed by atoms with van der Waals surface area (Å²) in [5, 5.41) is 6.09. The number of likely N-dealkylation sites (tertiary alicyclic amines) is 1. The Morgan fingerprint density at radius 3 is 1.62 bits per heavy atom. The number of aryl methyl sites for hydroxylation is 4. The van der Waals surface area contributed by atoms with Gasteiger partial charge < -0.3 is 49.7 Å². The molecule has 0 radical (unpaired) electrons. The summed E-state index contributed by atoms with van der Waals surface area (Å²) in [7, 11) is 8.31. The fraction of sp³-hybridized carbons (Fsp3) is 0.556. The molecule has 1 saturated heterocycles. The minimum Gasteiger partial charge on any atom is -0.494 e. The van der Waals surface area contributed by atoms with Crippen molar-refractivity contribution in [1.29, 1.82) is 0 Å². The predicted molar refractivity (Wildman–Crippen MR) is 357 cm³/mol. The normalized spacial score (nSPS) is 17.9. The van der Waals surface area contributed by atoms with Crippen molar-refractivity contribution in [3.63, 3.8) is 0 Å². The number of hydrogen-bond donors (Lipinski definition) is 4. The lowest BCUT2D eigenvalue weighted by molar-refractivity contribution is 0.0942. The van der Waals surface area contributed by atoms with Crippen molar-refractivity contribution in [2.45, 2.75) is 183 Å². The van der Waals surface area contributed by atoms with Gasteiger partial charge in [0.25, 0.3) is 22.9 Å². The highest BCUT2D eigenvalue weighted by Gasteiger charge is 2.31. The maximum atomic E-state index is 13.8. The Morgan fingerprint density at radius 1 is 0.621 bits per heavy atom. The molecule has 15 heteroatoms. The number of hydrogen-bond acceptors (Lipinski definition) is 11. The van der Waals surface area contributed by atoms with Crippen LogP contribution in [0.3, 0.4) is 0 Å². The average Bonchev–Trinajstić information content (AvgIpc) is 2.92. The topological polar surface area (TPSA) is 159 Å². The maximum Gasteiger partial charge on any atom is 0.253 e. The number of anilines is 2. The molecule has 0 unspecified atom stereocenters. The zero-order chi connectivity index (χ0) is 62.7. The minimum atomic E-state index is -0.178. The van der Waals surface area contributed by atoms with E-state index in [0.29, 0.717) is 53.0 Å². The molecule has 0 bridgehead atoms. The molecule has 2 saturated carbocycles. The molecular weight excluding hydrogens is 1090 g/mol. The van der Waals surface area contributed by atoms with Crippen LogP contribution in [0.1, 0.15) is 175 Å². The van der Waals surface area contributed by atoms with Crippen LogP contribution in [0.4, 0.5) is 11.4 Å². The summed E-state index contributed by atoms with van der Waals surface area (Å²) in [5.74, 6) is 7.31. The van der Waals surface area contributed by atoms with Crippen molar-refractivity contribution in [3.8, 4) is 28.7 Å². The Kier molecular flexibility index (Phi) is 25.8. The van der Waals surface area contributed by atoms with E-state index in [2.05, 4.69) is 130 Å². The predicted octanol–water partition coefficient (Wildman–Crippen LogP) is 11.6. The standard InChI is InChI=1S/C36H53N5O3.C36H50N4O3/c1-7-41(31-15-13-30(14-16-31)39(5)20-21-44-6)34-24-29(12-11-19-40-17-9-8-10-18-40)23-32(28(34)4)35(42)37-25-33-26(2)22-27(3)38-36(33)43;1-8-10-19-43-31-17-11-27(12-18-31)28-21-32(35(41)37-23-33-24(3)20-25(4)38-36(33)42)26(5)34(22-28)40(9-2)30-15-13-29(14-16-30)39(6)7/h22-24,30-31H,7-10,13-21,25H2,1-6H3,(H,37,42)(H,38,43);11-12,17-18,20-22,29-30H,8-10,13-16,19,23H2,1-7H3,(H,37,41)(H,38,42). The van der Waals surface area contributed by atoms with Gasteiger partial charge in [0, 0.05) is 115 Å². The molecule has 1 aliphatic heterocycles. The number of ether oxygens (including phenoxy) is 2. The number of aromatic amines is 2. The molecule has 87 heavy (non-hydrogen) atoms. The highest BCUT2D eigenvalue weighted by atomic mass is 16.5. The van der Waals surface area contributed by atoms with E-state index in [4.69, 9.17) is 9.47 Å². The second kappa shape index (κ2) is 33.0. The van der Waals surface area contributed by atoms with Crippen molar-refractivity contribution < 1.29 is 19.1 Å². The first kappa shape index (κ1) is 67.8. The molecule has 4 N–H and O–H groups in total. The SMILES string of the molecule is CCCCOc1ccc(-c2cc(C(=O)NCc3c(C)cc(C)[nH]c3=O)c(C)c(N(CC)C3CCC(N(C)C)CC3)c2)cc1.CCN(c1cc(C#CCN2CCCCC2)cc(C(=O)NCc2c(C)cc(C)[nH]c2=O)c1C)C1CCC(N(C)CCOC)CC1. The van der Waals surface area contributed by atoms with Crippen molar-refractivity contribution in [2.24, 2.45) is 0 Å². The summed E-state index contributed by atoms with van der Waals surface area (Å²) in [6, 6.07) is 22.4. The number of methoxy groups -OCH3 is 1. The fourth-order valence-electron chi connectivity index (χ4n) is 13.2. The Labute approximate surface area is 520 Å². The summed E-state index contributed by atoms with van der Waals surface area (Å²) in [6.45, 7) is 25.7. The number of carbonyl (C=O) groups excluding carboxylic acids is 2. The summed E-state index contributed by atoms with van der Waals surface area (Å²) in [6.07, 6.45) is 15.0. The molecule has 2 amide bonds. The van der Waals surface area contributed by atoms with Crippen molar-refractivity contribution in [2.75, 3.05) is 90.5 Å². The van der Waals surface area contributed by atoms with E-state index in [-0.39, 0.29) is 36.0 Å². The third kappa shape index (κ3) is 18.4. The van der Waals surface area contributed by atoms with E-state index in [9.17, 15) is 19.2 Å². The molecule has 3 fully saturated rings. The highest BCUT2D eigenvalue weighted by molar-refractivity contribution is 5.99. The summed E-state index contributed by atoms with van der Waals surface area (Å²) in [4.78, 5) is 70.7. The molecule has 3 heterocycles. The Balaban J connectivity index is 0.000000249. The molecule has 472 valence electrons. The van der Waals surface area contributed by atoms with Crippen LogP contribution in [0.15, 0.2) is 70.3 Å². The number of carbonyl (C=O) groups is 2. The number of piperidine rings is 1. The van der Waals surface area contributed by atoms with Crippen LogP contribution in [0.25, 0.3) is 11.1 Å². The third-order valence-electron chi connectivity index (χ3n) is 18.5. The van der Waals surface area contributed by atoms with Crippen molar-refractivity contribution >= 4 is 23.2 Å². The Morgan fingerprint density at radius 2 is 1.13 bits per heavy atom. The molecule has 0 spiro atoms. The molecule has 15 nitrogen and oxygen atoms in total. The smallest absolute Gasteiger partial charge is 0.253 e.